The Balaban J connectivity index is 3.40. The highest BCUT2D eigenvalue weighted by molar-refractivity contribution is 6.65. The number of aliphatic hydroxyl groups is 1. The summed E-state index contributed by atoms with van der Waals surface area (Å²) in [5.41, 5.74) is 0. The van der Waals surface area contributed by atoms with Crippen LogP contribution in [0.5, 0.6) is 0 Å². The van der Waals surface area contributed by atoms with E-state index in [-0.39, 0.29) is 18.4 Å². The van der Waals surface area contributed by atoms with Gasteiger partial charge in [0.15, 0.2) is 0 Å². The maximum Gasteiger partial charge on any atom is 0.217 e. The molecular weight excluding hydrogens is 128 g/mol. The predicted molar refractivity (Wildman–Crippen MR) is 34.8 cm³/mol. The van der Waals surface area contributed by atoms with Gasteiger partial charge in [0.05, 0.1) is 13.2 Å². The van der Waals surface area contributed by atoms with Crippen molar-refractivity contribution in [2.45, 2.75) is 0 Å². The first kappa shape index (κ1) is 7.59. The van der Waals surface area contributed by atoms with Gasteiger partial charge in [-0.3, -0.25) is 4.99 Å². The van der Waals surface area contributed by atoms with Crippen LogP contribution in [-0.4, -0.2) is 30.3 Å². The van der Waals surface area contributed by atoms with Crippen molar-refractivity contribution in [2.75, 3.05) is 13.2 Å². The number of aliphatic hydroxyl groups excluding tert-OH is 1. The van der Waals surface area contributed by atoms with Crippen molar-refractivity contribution in [1.82, 2.24) is 0 Å². The van der Waals surface area contributed by atoms with Crippen LogP contribution in [0.1, 0.15) is 0 Å². The summed E-state index contributed by atoms with van der Waals surface area (Å²) < 4.78 is 0. The molecule has 0 aromatic carbocycles. The van der Waals surface area contributed by atoms with Gasteiger partial charge in [-0.2, -0.15) is 0 Å². The van der Waals surface area contributed by atoms with Crippen molar-refractivity contribution in [3.05, 3.63) is 0 Å². The monoisotopic (exact) mass is 134 g/mol. The Bertz CT molecular complexity index is 102. The number of hydrogen-bond acceptors (Lipinski definition) is 2. The number of hydrogen-bond donors (Lipinski definition) is 1. The Morgan fingerprint density at radius 3 is 2.75 bits per heavy atom. The second-order valence-electron chi connectivity index (χ2n) is 1.03. The highest BCUT2D eigenvalue weighted by atomic mass is 35.5. The highest BCUT2D eigenvalue weighted by Crippen LogP contribution is 1.84. The zero-order valence-electron chi connectivity index (χ0n) is 4.34. The van der Waals surface area contributed by atoms with Gasteiger partial charge in [-0.05, 0) is 18.3 Å². The topological polar surface area (TPSA) is 45.0 Å². The lowest BCUT2D eigenvalue weighted by Gasteiger charge is -1.84. The lowest BCUT2D eigenvalue weighted by molar-refractivity contribution is 0.307. The second-order valence-corrected chi connectivity index (χ2v) is 1.37. The predicted octanol–water partition coefficient (Wildman–Crippen LogP) is 0.274. The standard InChI is InChI=1S/C4H7ClN2O/c1-6-4(5)7-2-3-8/h8H,1-3H2/b7-4-. The van der Waals surface area contributed by atoms with Gasteiger partial charge < -0.3 is 5.11 Å². The molecule has 4 heteroatoms. The number of halogens is 1. The van der Waals surface area contributed by atoms with E-state index < -0.39 is 0 Å². The average molecular weight is 135 g/mol. The van der Waals surface area contributed by atoms with Crippen molar-refractivity contribution < 1.29 is 5.11 Å². The second kappa shape index (κ2) is 4.74. The van der Waals surface area contributed by atoms with Gasteiger partial charge in [-0.25, -0.2) is 4.99 Å². The van der Waals surface area contributed by atoms with Crippen LogP contribution in [0, 0.1) is 0 Å². The summed E-state index contributed by atoms with van der Waals surface area (Å²) in [6.07, 6.45) is 0. The van der Waals surface area contributed by atoms with Crippen molar-refractivity contribution >= 4 is 23.6 Å². The maximum absolute atomic E-state index is 8.18. The number of nitrogens with zero attached hydrogens (tertiary/aromatic N) is 2. The first-order valence-electron chi connectivity index (χ1n) is 2.08. The molecule has 0 fully saturated rings. The number of aliphatic imine (C=N–C) groups is 2. The summed E-state index contributed by atoms with van der Waals surface area (Å²) >= 11 is 5.25. The molecule has 0 amide bonds. The summed E-state index contributed by atoms with van der Waals surface area (Å²) in [5, 5.41) is 8.28. The third-order valence-corrected chi connectivity index (χ3v) is 0.712. The molecule has 46 valence electrons. The Kier molecular flexibility index (Phi) is 4.50. The molecule has 0 aromatic heterocycles. The third kappa shape index (κ3) is 3.77. The van der Waals surface area contributed by atoms with Gasteiger partial charge >= 0.3 is 0 Å². The van der Waals surface area contributed by atoms with Crippen molar-refractivity contribution in [1.29, 1.82) is 0 Å². The summed E-state index contributed by atoms with van der Waals surface area (Å²) in [6, 6.07) is 0. The molecule has 3 nitrogen and oxygen atoms in total. The van der Waals surface area contributed by atoms with E-state index in [4.69, 9.17) is 16.7 Å². The fourth-order valence-electron chi connectivity index (χ4n) is 0.192. The molecule has 0 aliphatic heterocycles. The molecule has 0 spiro atoms. The van der Waals surface area contributed by atoms with E-state index >= 15 is 0 Å². The molecule has 8 heavy (non-hydrogen) atoms. The van der Waals surface area contributed by atoms with Crippen LogP contribution in [0.2, 0.25) is 0 Å². The molecule has 0 aromatic rings. The smallest absolute Gasteiger partial charge is 0.217 e. The molecular formula is C4H7ClN2O. The zero-order chi connectivity index (χ0) is 6.41. The molecule has 0 bridgehead atoms. The van der Waals surface area contributed by atoms with Crippen LogP contribution in [0.15, 0.2) is 9.98 Å². The minimum atomic E-state index is -0.00819. The van der Waals surface area contributed by atoms with Gasteiger partial charge in [-0.15, -0.1) is 0 Å². The zero-order valence-corrected chi connectivity index (χ0v) is 5.10. The van der Waals surface area contributed by atoms with Crippen LogP contribution in [0.4, 0.5) is 0 Å². The van der Waals surface area contributed by atoms with Gasteiger partial charge in [-0.1, -0.05) is 0 Å². The molecule has 0 radical (unpaired) electrons. The number of amidine groups is 1. The van der Waals surface area contributed by atoms with E-state index in [2.05, 4.69) is 16.7 Å². The lowest BCUT2D eigenvalue weighted by Crippen LogP contribution is -1.89. The molecule has 1 N–H and O–H groups in total. The molecule has 0 rings (SSSR count). The van der Waals surface area contributed by atoms with E-state index in [1.54, 1.807) is 0 Å². The molecule has 0 atom stereocenters. The summed E-state index contributed by atoms with van der Waals surface area (Å²) in [6.45, 7) is 3.40. The minimum Gasteiger partial charge on any atom is -0.394 e. The average Bonchev–Trinajstić information content (AvgIpc) is 1.83. The van der Waals surface area contributed by atoms with Gasteiger partial charge in [0.25, 0.3) is 0 Å². The Morgan fingerprint density at radius 2 is 2.38 bits per heavy atom. The first-order valence-corrected chi connectivity index (χ1v) is 2.46. The normalized spacial score (nSPS) is 11.5. The minimum absolute atomic E-state index is 0.00819. The van der Waals surface area contributed by atoms with E-state index in [9.17, 15) is 0 Å². The van der Waals surface area contributed by atoms with Crippen molar-refractivity contribution in [3.63, 3.8) is 0 Å². The van der Waals surface area contributed by atoms with Crippen LogP contribution in [0.25, 0.3) is 0 Å². The first-order chi connectivity index (χ1) is 3.81. The summed E-state index contributed by atoms with van der Waals surface area (Å²) in [4.78, 5) is 6.84. The van der Waals surface area contributed by atoms with E-state index in [0.717, 1.165) is 0 Å². The Hall–Kier alpha value is -0.410. The SMILES string of the molecule is C=N/C(Cl)=N\CCO. The van der Waals surface area contributed by atoms with E-state index in [1.807, 2.05) is 0 Å². The van der Waals surface area contributed by atoms with Crippen molar-refractivity contribution in [2.24, 2.45) is 9.98 Å². The third-order valence-electron chi connectivity index (χ3n) is 0.473. The maximum atomic E-state index is 8.18. The summed E-state index contributed by atoms with van der Waals surface area (Å²) in [7, 11) is 0. The Morgan fingerprint density at radius 1 is 1.75 bits per heavy atom. The van der Waals surface area contributed by atoms with Crippen LogP contribution in [-0.2, 0) is 0 Å². The van der Waals surface area contributed by atoms with Crippen LogP contribution in [0.3, 0.4) is 0 Å². The largest absolute Gasteiger partial charge is 0.394 e. The van der Waals surface area contributed by atoms with E-state index in [0.29, 0.717) is 0 Å². The van der Waals surface area contributed by atoms with Crippen molar-refractivity contribution in [3.8, 4) is 0 Å². The van der Waals surface area contributed by atoms with E-state index in [1.165, 1.54) is 0 Å². The highest BCUT2D eigenvalue weighted by Gasteiger charge is 1.81. The molecule has 0 aliphatic rings. The van der Waals surface area contributed by atoms with Crippen LogP contribution >= 0.6 is 11.6 Å². The molecule has 0 saturated heterocycles. The number of rotatable bonds is 2. The molecule has 0 saturated carbocycles. The Labute approximate surface area is 52.7 Å². The molecule has 0 heterocycles. The lowest BCUT2D eigenvalue weighted by atomic mass is 10.7. The van der Waals surface area contributed by atoms with Gasteiger partial charge in [0, 0.05) is 0 Å². The molecule has 0 unspecified atom stereocenters. The van der Waals surface area contributed by atoms with Crippen LogP contribution < -0.4 is 0 Å². The summed E-state index contributed by atoms with van der Waals surface area (Å²) in [5.74, 6) is 0. The quantitative estimate of drug-likeness (QED) is 0.329. The van der Waals surface area contributed by atoms with Gasteiger partial charge in [0.2, 0.25) is 5.29 Å². The van der Waals surface area contributed by atoms with Gasteiger partial charge in [0.1, 0.15) is 0 Å². The fourth-order valence-corrected chi connectivity index (χ4v) is 0.277. The molecule has 0 aliphatic carbocycles. The fraction of sp³-hybridized carbons (Fsp3) is 0.500.